The lowest BCUT2D eigenvalue weighted by atomic mass is 10.0. The van der Waals surface area contributed by atoms with Crippen LogP contribution in [0.5, 0.6) is 17.2 Å². The molecule has 1 aliphatic heterocycles. The summed E-state index contributed by atoms with van der Waals surface area (Å²) in [5, 5.41) is 0.465. The second-order valence-corrected chi connectivity index (χ2v) is 9.73. The summed E-state index contributed by atoms with van der Waals surface area (Å²) < 4.78 is 17.1. The van der Waals surface area contributed by atoms with Crippen LogP contribution in [0.25, 0.3) is 0 Å². The Bertz CT molecular complexity index is 1270. The minimum Gasteiger partial charge on any atom is -0.493 e. The Morgan fingerprint density at radius 1 is 0.974 bits per heavy atom. The summed E-state index contributed by atoms with van der Waals surface area (Å²) >= 11 is 6.23. The van der Waals surface area contributed by atoms with E-state index in [9.17, 15) is 9.59 Å². The molecule has 0 aliphatic carbocycles. The van der Waals surface area contributed by atoms with Gasteiger partial charge < -0.3 is 24.0 Å². The Kier molecular flexibility index (Phi) is 9.13. The number of carbonyl (C=O) groups excluding carboxylic acids is 2. The van der Waals surface area contributed by atoms with Crippen LogP contribution in [-0.4, -0.2) is 68.6 Å². The lowest BCUT2D eigenvalue weighted by Gasteiger charge is -2.33. The SMILES string of the molecule is COc1ccc(C(=O)N2CCCCN(C)C(=O)c3cc(Cl)ccc3OC[C@@H]2Cc2ccccc2)cc1OC. The third-order valence-corrected chi connectivity index (χ3v) is 6.97. The number of hydrogen-bond donors (Lipinski definition) is 0. The van der Waals surface area contributed by atoms with Gasteiger partial charge in [0.15, 0.2) is 11.5 Å². The lowest BCUT2D eigenvalue weighted by Crippen LogP contribution is -2.46. The van der Waals surface area contributed by atoms with Crippen molar-refractivity contribution < 1.29 is 23.8 Å². The van der Waals surface area contributed by atoms with Crippen molar-refractivity contribution in [3.8, 4) is 17.2 Å². The lowest BCUT2D eigenvalue weighted by molar-refractivity contribution is 0.0590. The molecule has 0 radical (unpaired) electrons. The average Bonchev–Trinajstić information content (AvgIpc) is 2.94. The molecule has 0 fully saturated rings. The van der Waals surface area contributed by atoms with Crippen molar-refractivity contribution in [2.75, 3.05) is 41.0 Å². The molecular formula is C30H33ClN2O5. The summed E-state index contributed by atoms with van der Waals surface area (Å²) in [6, 6.07) is 20.0. The van der Waals surface area contributed by atoms with Crippen molar-refractivity contribution in [2.24, 2.45) is 0 Å². The predicted octanol–water partition coefficient (Wildman–Crippen LogP) is 5.36. The fourth-order valence-electron chi connectivity index (χ4n) is 4.65. The molecule has 1 heterocycles. The van der Waals surface area contributed by atoms with Crippen molar-refractivity contribution in [1.82, 2.24) is 9.80 Å². The van der Waals surface area contributed by atoms with Crippen molar-refractivity contribution in [3.63, 3.8) is 0 Å². The van der Waals surface area contributed by atoms with Crippen molar-refractivity contribution in [2.45, 2.75) is 25.3 Å². The number of nitrogens with zero attached hydrogens (tertiary/aromatic N) is 2. The Balaban J connectivity index is 1.72. The Morgan fingerprint density at radius 3 is 2.45 bits per heavy atom. The summed E-state index contributed by atoms with van der Waals surface area (Å²) in [4.78, 5) is 30.7. The maximum Gasteiger partial charge on any atom is 0.257 e. The number of fused-ring (bicyclic) bond motifs is 1. The maximum atomic E-state index is 14.0. The number of methoxy groups -OCH3 is 2. The summed E-state index contributed by atoms with van der Waals surface area (Å²) in [5.74, 6) is 1.25. The van der Waals surface area contributed by atoms with Gasteiger partial charge in [-0.15, -0.1) is 0 Å². The van der Waals surface area contributed by atoms with E-state index in [4.69, 9.17) is 25.8 Å². The van der Waals surface area contributed by atoms with Crippen molar-refractivity contribution in [3.05, 3.63) is 88.4 Å². The van der Waals surface area contributed by atoms with Crippen LogP contribution in [0.2, 0.25) is 5.02 Å². The van der Waals surface area contributed by atoms with Gasteiger partial charge in [0, 0.05) is 30.7 Å². The molecule has 0 aromatic heterocycles. The topological polar surface area (TPSA) is 68.3 Å². The van der Waals surface area contributed by atoms with Gasteiger partial charge in [0.1, 0.15) is 12.4 Å². The first-order valence-electron chi connectivity index (χ1n) is 12.7. The molecule has 8 heteroatoms. The quantitative estimate of drug-likeness (QED) is 0.439. The highest BCUT2D eigenvalue weighted by Gasteiger charge is 2.28. The molecule has 1 aliphatic rings. The third kappa shape index (κ3) is 6.40. The molecule has 4 rings (SSSR count). The normalized spacial score (nSPS) is 16.5. The van der Waals surface area contributed by atoms with Gasteiger partial charge in [-0.05, 0) is 61.2 Å². The summed E-state index contributed by atoms with van der Waals surface area (Å²) in [7, 11) is 4.88. The van der Waals surface area contributed by atoms with Crippen LogP contribution in [-0.2, 0) is 6.42 Å². The fourth-order valence-corrected chi connectivity index (χ4v) is 4.82. The second kappa shape index (κ2) is 12.7. The van der Waals surface area contributed by atoms with E-state index in [-0.39, 0.29) is 24.5 Å². The van der Waals surface area contributed by atoms with Gasteiger partial charge in [0.05, 0.1) is 25.8 Å². The molecule has 2 amide bonds. The highest BCUT2D eigenvalue weighted by molar-refractivity contribution is 6.31. The smallest absolute Gasteiger partial charge is 0.257 e. The monoisotopic (exact) mass is 536 g/mol. The minimum atomic E-state index is -0.284. The van der Waals surface area contributed by atoms with Crippen LogP contribution in [0.3, 0.4) is 0 Å². The van der Waals surface area contributed by atoms with Crippen LogP contribution in [0.4, 0.5) is 0 Å². The van der Waals surface area contributed by atoms with Gasteiger partial charge in [-0.2, -0.15) is 0 Å². The zero-order valence-electron chi connectivity index (χ0n) is 22.0. The molecule has 3 aromatic rings. The van der Waals surface area contributed by atoms with Crippen LogP contribution < -0.4 is 14.2 Å². The van der Waals surface area contributed by atoms with E-state index in [0.717, 1.165) is 18.4 Å². The molecule has 0 N–H and O–H groups in total. The van der Waals surface area contributed by atoms with Crippen molar-refractivity contribution in [1.29, 1.82) is 0 Å². The van der Waals surface area contributed by atoms with E-state index in [1.807, 2.05) is 35.2 Å². The first-order chi connectivity index (χ1) is 18.4. The fraction of sp³-hybridized carbons (Fsp3) is 0.333. The van der Waals surface area contributed by atoms with Crippen LogP contribution >= 0.6 is 11.6 Å². The first-order valence-corrected chi connectivity index (χ1v) is 13.0. The van der Waals surface area contributed by atoms with Crippen LogP contribution in [0, 0.1) is 0 Å². The summed E-state index contributed by atoms with van der Waals surface area (Å²) in [5.41, 5.74) is 2.01. The second-order valence-electron chi connectivity index (χ2n) is 9.30. The molecule has 1 atom stereocenters. The zero-order chi connectivity index (χ0) is 27.1. The van der Waals surface area contributed by atoms with E-state index in [0.29, 0.717) is 52.9 Å². The summed E-state index contributed by atoms with van der Waals surface area (Å²) in [6.07, 6.45) is 2.06. The number of rotatable bonds is 5. The molecule has 200 valence electrons. The molecule has 0 bridgehead atoms. The largest absolute Gasteiger partial charge is 0.493 e. The number of benzene rings is 3. The molecule has 7 nitrogen and oxygen atoms in total. The molecule has 0 unspecified atom stereocenters. The minimum absolute atomic E-state index is 0.117. The number of halogens is 1. The van der Waals surface area contributed by atoms with E-state index >= 15 is 0 Å². The van der Waals surface area contributed by atoms with Gasteiger partial charge in [0.2, 0.25) is 0 Å². The summed E-state index contributed by atoms with van der Waals surface area (Å²) in [6.45, 7) is 1.27. The third-order valence-electron chi connectivity index (χ3n) is 6.74. The van der Waals surface area contributed by atoms with E-state index in [1.54, 1.807) is 62.6 Å². The predicted molar refractivity (Wildman–Crippen MR) is 148 cm³/mol. The van der Waals surface area contributed by atoms with Gasteiger partial charge in [-0.25, -0.2) is 0 Å². The number of ether oxygens (including phenoxy) is 3. The Hall–Kier alpha value is -3.71. The number of carbonyl (C=O) groups is 2. The molecule has 0 saturated carbocycles. The molecule has 0 saturated heterocycles. The van der Waals surface area contributed by atoms with E-state index < -0.39 is 0 Å². The molecule has 0 spiro atoms. The van der Waals surface area contributed by atoms with Crippen LogP contribution in [0.15, 0.2) is 66.7 Å². The first kappa shape index (κ1) is 27.3. The molecule has 38 heavy (non-hydrogen) atoms. The molecular weight excluding hydrogens is 504 g/mol. The van der Waals surface area contributed by atoms with E-state index in [1.165, 1.54) is 0 Å². The standard InChI is InChI=1S/C30H33ClN2O5/c1-32-15-7-8-16-33(29(34)22-11-13-27(36-2)28(18-22)37-3)24(17-21-9-5-4-6-10-21)20-38-26-14-12-23(31)19-25(26)30(32)35/h4-6,9-14,18-19,24H,7-8,15-17,20H2,1-3H3/t24-/m0/s1. The Morgan fingerprint density at radius 2 is 1.71 bits per heavy atom. The van der Waals surface area contributed by atoms with Gasteiger partial charge in [-0.1, -0.05) is 41.9 Å². The van der Waals surface area contributed by atoms with E-state index in [2.05, 4.69) is 0 Å². The highest BCUT2D eigenvalue weighted by Crippen LogP contribution is 2.30. The number of amides is 2. The van der Waals surface area contributed by atoms with Gasteiger partial charge in [0.25, 0.3) is 11.8 Å². The average molecular weight is 537 g/mol. The number of hydrogen-bond acceptors (Lipinski definition) is 5. The Labute approximate surface area is 228 Å². The van der Waals surface area contributed by atoms with Crippen molar-refractivity contribution >= 4 is 23.4 Å². The maximum absolute atomic E-state index is 14.0. The van der Waals surface area contributed by atoms with Gasteiger partial charge >= 0.3 is 0 Å². The van der Waals surface area contributed by atoms with Crippen LogP contribution in [0.1, 0.15) is 39.1 Å². The molecule has 3 aromatic carbocycles. The van der Waals surface area contributed by atoms with Gasteiger partial charge in [-0.3, -0.25) is 9.59 Å². The zero-order valence-corrected chi connectivity index (χ0v) is 22.7. The highest BCUT2D eigenvalue weighted by atomic mass is 35.5.